The minimum absolute atomic E-state index is 0.217. The van der Waals surface area contributed by atoms with Crippen LogP contribution in [0.25, 0.3) is 0 Å². The third-order valence-electron chi connectivity index (χ3n) is 2.62. The van der Waals surface area contributed by atoms with Crippen molar-refractivity contribution in [3.8, 4) is 11.5 Å². The van der Waals surface area contributed by atoms with Crippen LogP contribution in [0.15, 0.2) is 36.7 Å². The molecule has 2 rings (SSSR count). The Hall–Kier alpha value is -2.07. The summed E-state index contributed by atoms with van der Waals surface area (Å²) in [6, 6.07) is 6.52. The summed E-state index contributed by atoms with van der Waals surface area (Å²) in [4.78, 5) is 16.4. The van der Waals surface area contributed by atoms with E-state index in [1.807, 2.05) is 0 Å². The van der Waals surface area contributed by atoms with Crippen LogP contribution in [0.1, 0.15) is 15.9 Å². The Balaban J connectivity index is 2.46. The fourth-order valence-electron chi connectivity index (χ4n) is 1.67. The van der Waals surface area contributed by atoms with E-state index in [0.717, 1.165) is 0 Å². The van der Waals surface area contributed by atoms with Crippen LogP contribution in [0.4, 0.5) is 0 Å². The fraction of sp³-hybridized carbons (Fsp3) is 0.143. The zero-order valence-corrected chi connectivity index (χ0v) is 11.3. The van der Waals surface area contributed by atoms with Gasteiger partial charge in [0.2, 0.25) is 0 Å². The molecule has 0 amide bonds. The third kappa shape index (κ3) is 2.85. The maximum Gasteiger partial charge on any atom is 0.198 e. The summed E-state index contributed by atoms with van der Waals surface area (Å²) in [7, 11) is 3.02. The second-order valence-corrected chi connectivity index (χ2v) is 4.22. The van der Waals surface area contributed by atoms with Crippen LogP contribution < -0.4 is 9.47 Å². The van der Waals surface area contributed by atoms with Crippen molar-refractivity contribution in [1.29, 1.82) is 0 Å². The molecule has 2 aromatic rings. The molecule has 4 nitrogen and oxygen atoms in total. The highest BCUT2D eigenvalue weighted by molar-refractivity contribution is 6.31. The molecule has 0 radical (unpaired) electrons. The summed E-state index contributed by atoms with van der Waals surface area (Å²) in [6.45, 7) is 0. The lowest BCUT2D eigenvalue weighted by molar-refractivity contribution is 0.103. The molecule has 0 aliphatic carbocycles. The monoisotopic (exact) mass is 277 g/mol. The van der Waals surface area contributed by atoms with Crippen LogP contribution in [0.5, 0.6) is 11.5 Å². The molecule has 1 aromatic carbocycles. The van der Waals surface area contributed by atoms with Crippen LogP contribution in [-0.2, 0) is 0 Å². The molecule has 0 aliphatic rings. The third-order valence-corrected chi connectivity index (χ3v) is 2.85. The minimum atomic E-state index is -0.217. The van der Waals surface area contributed by atoms with Gasteiger partial charge in [-0.3, -0.25) is 9.78 Å². The zero-order chi connectivity index (χ0) is 13.8. The Morgan fingerprint density at radius 3 is 2.63 bits per heavy atom. The fourth-order valence-corrected chi connectivity index (χ4v) is 1.84. The second-order valence-electron chi connectivity index (χ2n) is 3.79. The van der Waals surface area contributed by atoms with Gasteiger partial charge in [-0.25, -0.2) is 0 Å². The standard InChI is InChI=1S/C14H12ClNO3/c1-18-11-5-9(7-16-8-11)14(17)12-6-10(15)3-4-13(12)19-2/h3-8H,1-2H3. The van der Waals surface area contributed by atoms with Crippen molar-refractivity contribution < 1.29 is 14.3 Å². The number of methoxy groups -OCH3 is 2. The molecule has 1 heterocycles. The Bertz CT molecular complexity index is 613. The lowest BCUT2D eigenvalue weighted by Crippen LogP contribution is -2.05. The molecule has 0 fully saturated rings. The summed E-state index contributed by atoms with van der Waals surface area (Å²) >= 11 is 5.92. The van der Waals surface area contributed by atoms with Crippen LogP contribution in [0.3, 0.4) is 0 Å². The van der Waals surface area contributed by atoms with Gasteiger partial charge in [0.15, 0.2) is 5.78 Å². The number of ketones is 1. The molecule has 0 atom stereocenters. The number of hydrogen-bond acceptors (Lipinski definition) is 4. The molecule has 0 saturated heterocycles. The van der Waals surface area contributed by atoms with Crippen molar-refractivity contribution in [2.75, 3.05) is 14.2 Å². The van der Waals surface area contributed by atoms with Crippen molar-refractivity contribution in [3.05, 3.63) is 52.8 Å². The predicted octanol–water partition coefficient (Wildman–Crippen LogP) is 2.98. The van der Waals surface area contributed by atoms with E-state index in [9.17, 15) is 4.79 Å². The van der Waals surface area contributed by atoms with E-state index in [-0.39, 0.29) is 5.78 Å². The first-order chi connectivity index (χ1) is 9.15. The maximum absolute atomic E-state index is 12.4. The van der Waals surface area contributed by atoms with Gasteiger partial charge >= 0.3 is 0 Å². The van der Waals surface area contributed by atoms with Gasteiger partial charge in [-0.2, -0.15) is 0 Å². The first kappa shape index (κ1) is 13.4. The van der Waals surface area contributed by atoms with Crippen molar-refractivity contribution >= 4 is 17.4 Å². The normalized spacial score (nSPS) is 10.1. The molecule has 19 heavy (non-hydrogen) atoms. The smallest absolute Gasteiger partial charge is 0.198 e. The average Bonchev–Trinajstić information content (AvgIpc) is 2.46. The quantitative estimate of drug-likeness (QED) is 0.806. The predicted molar refractivity (Wildman–Crippen MR) is 72.2 cm³/mol. The van der Waals surface area contributed by atoms with Gasteiger partial charge in [0.25, 0.3) is 0 Å². The van der Waals surface area contributed by atoms with Crippen molar-refractivity contribution in [3.63, 3.8) is 0 Å². The number of halogens is 1. The molecule has 5 heteroatoms. The highest BCUT2D eigenvalue weighted by Crippen LogP contribution is 2.25. The largest absolute Gasteiger partial charge is 0.496 e. The highest BCUT2D eigenvalue weighted by Gasteiger charge is 2.16. The molecule has 98 valence electrons. The van der Waals surface area contributed by atoms with Gasteiger partial charge < -0.3 is 9.47 Å². The number of benzene rings is 1. The van der Waals surface area contributed by atoms with Crippen molar-refractivity contribution in [1.82, 2.24) is 4.98 Å². The molecular formula is C14H12ClNO3. The van der Waals surface area contributed by atoms with Gasteiger partial charge in [0, 0.05) is 16.8 Å². The summed E-state index contributed by atoms with van der Waals surface area (Å²) in [6.07, 6.45) is 3.01. The van der Waals surface area contributed by atoms with E-state index in [0.29, 0.717) is 27.6 Å². The Kier molecular flexibility index (Phi) is 4.02. The second kappa shape index (κ2) is 5.71. The van der Waals surface area contributed by atoms with E-state index in [4.69, 9.17) is 21.1 Å². The lowest BCUT2D eigenvalue weighted by atomic mass is 10.0. The number of nitrogens with zero attached hydrogens (tertiary/aromatic N) is 1. The molecule has 0 bridgehead atoms. The van der Waals surface area contributed by atoms with Crippen LogP contribution >= 0.6 is 11.6 Å². The average molecular weight is 278 g/mol. The number of carbonyl (C=O) groups is 1. The molecule has 0 unspecified atom stereocenters. The van der Waals surface area contributed by atoms with Gasteiger partial charge in [0.05, 0.1) is 26.0 Å². The molecule has 0 saturated carbocycles. The Morgan fingerprint density at radius 2 is 1.95 bits per heavy atom. The van der Waals surface area contributed by atoms with E-state index in [1.165, 1.54) is 26.6 Å². The topological polar surface area (TPSA) is 48.4 Å². The van der Waals surface area contributed by atoms with Gasteiger partial charge in [-0.15, -0.1) is 0 Å². The molecule has 0 spiro atoms. The number of pyridine rings is 1. The lowest BCUT2D eigenvalue weighted by Gasteiger charge is -2.08. The first-order valence-corrected chi connectivity index (χ1v) is 5.90. The van der Waals surface area contributed by atoms with Gasteiger partial charge in [0.1, 0.15) is 11.5 Å². The van der Waals surface area contributed by atoms with Crippen LogP contribution in [0, 0.1) is 0 Å². The minimum Gasteiger partial charge on any atom is -0.496 e. The zero-order valence-electron chi connectivity index (χ0n) is 10.5. The van der Waals surface area contributed by atoms with Crippen molar-refractivity contribution in [2.24, 2.45) is 0 Å². The van der Waals surface area contributed by atoms with Crippen LogP contribution in [-0.4, -0.2) is 25.0 Å². The molecule has 0 N–H and O–H groups in total. The van der Waals surface area contributed by atoms with E-state index in [1.54, 1.807) is 24.3 Å². The van der Waals surface area contributed by atoms with Gasteiger partial charge in [-0.05, 0) is 24.3 Å². The molecular weight excluding hydrogens is 266 g/mol. The number of rotatable bonds is 4. The van der Waals surface area contributed by atoms with Crippen LogP contribution in [0.2, 0.25) is 5.02 Å². The number of hydrogen-bond donors (Lipinski definition) is 0. The summed E-state index contributed by atoms with van der Waals surface area (Å²) in [5.41, 5.74) is 0.810. The summed E-state index contributed by atoms with van der Waals surface area (Å²) in [5.74, 6) is 0.773. The van der Waals surface area contributed by atoms with E-state index < -0.39 is 0 Å². The van der Waals surface area contributed by atoms with E-state index in [2.05, 4.69) is 4.98 Å². The SMILES string of the molecule is COc1cncc(C(=O)c2cc(Cl)ccc2OC)c1. The summed E-state index contributed by atoms with van der Waals surface area (Å²) < 4.78 is 10.2. The first-order valence-electron chi connectivity index (χ1n) is 5.53. The van der Waals surface area contributed by atoms with Crippen molar-refractivity contribution in [2.45, 2.75) is 0 Å². The van der Waals surface area contributed by atoms with E-state index >= 15 is 0 Å². The summed E-state index contributed by atoms with van der Waals surface area (Å²) in [5, 5.41) is 0.472. The Labute approximate surface area is 115 Å². The highest BCUT2D eigenvalue weighted by atomic mass is 35.5. The number of aromatic nitrogens is 1. The number of ether oxygens (including phenoxy) is 2. The maximum atomic E-state index is 12.4. The Morgan fingerprint density at radius 1 is 1.16 bits per heavy atom. The van der Waals surface area contributed by atoms with Gasteiger partial charge in [-0.1, -0.05) is 11.6 Å². The number of carbonyl (C=O) groups excluding carboxylic acids is 1. The molecule has 0 aliphatic heterocycles. The molecule has 1 aromatic heterocycles.